The summed E-state index contributed by atoms with van der Waals surface area (Å²) in [4.78, 5) is 34.7. The molecule has 0 spiro atoms. The Morgan fingerprint density at radius 3 is 2.32 bits per heavy atom. The number of benzene rings is 1. The fourth-order valence-electron chi connectivity index (χ4n) is 3.33. The van der Waals surface area contributed by atoms with Gasteiger partial charge in [0.25, 0.3) is 17.9 Å². The van der Waals surface area contributed by atoms with E-state index in [4.69, 9.17) is 36.3 Å². The molecule has 188 valence electrons. The maximum atomic E-state index is 11.6. The molecule has 2 aliphatic rings. The monoisotopic (exact) mass is 514 g/mol. The Kier molecular flexibility index (Phi) is 8.70. The lowest BCUT2D eigenvalue weighted by Gasteiger charge is -2.33. The highest BCUT2D eigenvalue weighted by atomic mass is 28.4. The Hall–Kier alpha value is -2.46. The van der Waals surface area contributed by atoms with Gasteiger partial charge >= 0.3 is 17.4 Å². The molecule has 11 nitrogen and oxygen atoms in total. The molecule has 2 aliphatic heterocycles. The van der Waals surface area contributed by atoms with E-state index in [1.165, 1.54) is 0 Å². The van der Waals surface area contributed by atoms with E-state index in [-0.39, 0.29) is 6.10 Å². The van der Waals surface area contributed by atoms with E-state index in [2.05, 4.69) is 0 Å². The third-order valence-corrected chi connectivity index (χ3v) is 9.79. The van der Waals surface area contributed by atoms with Crippen LogP contribution >= 0.6 is 0 Å². The number of epoxide rings is 1. The first-order chi connectivity index (χ1) is 16.1. The first-order valence-corrected chi connectivity index (χ1v) is 15.4. The lowest BCUT2D eigenvalue weighted by Crippen LogP contribution is -2.54. The zero-order valence-corrected chi connectivity index (χ0v) is 21.7. The van der Waals surface area contributed by atoms with Gasteiger partial charge in [-0.25, -0.2) is 0 Å². The van der Waals surface area contributed by atoms with Gasteiger partial charge in [-0.3, -0.25) is 14.4 Å². The van der Waals surface area contributed by atoms with Gasteiger partial charge in [-0.15, -0.1) is 0 Å². The molecule has 2 heterocycles. The van der Waals surface area contributed by atoms with Crippen LogP contribution in [-0.2, 0) is 48.2 Å². The number of fused-ring (bicyclic) bond motifs is 1. The summed E-state index contributed by atoms with van der Waals surface area (Å²) < 4.78 is 44.0. The molecule has 1 aromatic rings. The molecule has 2 unspecified atom stereocenters. The minimum absolute atomic E-state index is 0.253. The zero-order valence-electron chi connectivity index (χ0n) is 19.7. The van der Waals surface area contributed by atoms with Gasteiger partial charge in [0.05, 0.1) is 19.8 Å². The van der Waals surface area contributed by atoms with E-state index in [0.717, 1.165) is 45.4 Å². The molecule has 0 aromatic heterocycles. The second-order valence-corrected chi connectivity index (χ2v) is 13.7. The van der Waals surface area contributed by atoms with Gasteiger partial charge in [0.15, 0.2) is 6.23 Å². The van der Waals surface area contributed by atoms with Crippen LogP contribution in [0.3, 0.4) is 0 Å². The van der Waals surface area contributed by atoms with Crippen molar-refractivity contribution in [3.8, 4) is 11.5 Å². The molecule has 1 saturated heterocycles. The maximum Gasteiger partial charge on any atom is 0.745 e. The highest BCUT2D eigenvalue weighted by Crippen LogP contribution is 2.34. The van der Waals surface area contributed by atoms with E-state index >= 15 is 0 Å². The molecule has 0 amide bonds. The van der Waals surface area contributed by atoms with E-state index in [1.54, 1.807) is 18.2 Å². The van der Waals surface area contributed by atoms with Gasteiger partial charge < -0.3 is 36.3 Å². The summed E-state index contributed by atoms with van der Waals surface area (Å²) in [5, 5.41) is 0. The third-order valence-electron chi connectivity index (χ3n) is 4.83. The van der Waals surface area contributed by atoms with Gasteiger partial charge in [0.2, 0.25) is 0 Å². The van der Waals surface area contributed by atoms with Crippen molar-refractivity contribution in [2.75, 3.05) is 26.1 Å². The van der Waals surface area contributed by atoms with Gasteiger partial charge in [-0.2, -0.15) is 0 Å². The van der Waals surface area contributed by atoms with Gasteiger partial charge in [0, 0.05) is 39.0 Å². The van der Waals surface area contributed by atoms with Crippen molar-refractivity contribution in [3.05, 3.63) is 23.8 Å². The lowest BCUT2D eigenvalue weighted by molar-refractivity contribution is -0.148. The van der Waals surface area contributed by atoms with Crippen molar-refractivity contribution in [1.29, 1.82) is 0 Å². The quantitative estimate of drug-likeness (QED) is 0.231. The van der Waals surface area contributed by atoms with Crippen molar-refractivity contribution >= 4 is 35.3 Å². The normalized spacial score (nSPS) is 21.0. The van der Waals surface area contributed by atoms with Crippen LogP contribution < -0.4 is 9.16 Å². The molecule has 1 aromatic carbocycles. The van der Waals surface area contributed by atoms with Crippen molar-refractivity contribution in [1.82, 2.24) is 0 Å². The SMILES string of the molecule is CC(=O)O[Si](COc1ccc2c(c1)CO[Si](C)(CCCOCC1CO1)O2)(OC(C)=O)OC(C)=O. The molecule has 13 heteroatoms. The van der Waals surface area contributed by atoms with Crippen LogP contribution in [0.1, 0.15) is 32.8 Å². The molecular weight excluding hydrogens is 484 g/mol. The summed E-state index contributed by atoms with van der Waals surface area (Å²) in [6, 6.07) is 5.95. The average Bonchev–Trinajstić information content (AvgIpc) is 3.55. The van der Waals surface area contributed by atoms with E-state index < -0.39 is 41.5 Å². The first-order valence-electron chi connectivity index (χ1n) is 10.9. The molecule has 2 atom stereocenters. The molecule has 0 N–H and O–H groups in total. The summed E-state index contributed by atoms with van der Waals surface area (Å²) in [5.41, 5.74) is 0.782. The summed E-state index contributed by atoms with van der Waals surface area (Å²) >= 11 is 0. The minimum atomic E-state index is -4.10. The highest BCUT2D eigenvalue weighted by Gasteiger charge is 2.54. The van der Waals surface area contributed by atoms with Crippen LogP contribution in [0, 0.1) is 0 Å². The standard InChI is InChI=1S/C21H30O11Si2/c1-15(22)29-34(30-16(2)23,31-17(3)24)14-27-19-6-7-21-18(10-19)11-28-33(4,32-21)9-5-8-25-12-20-13-26-20/h6-7,10,20H,5,8-9,11-14H2,1-4H3. The van der Waals surface area contributed by atoms with E-state index in [9.17, 15) is 14.4 Å². The van der Waals surface area contributed by atoms with Crippen molar-refractivity contribution in [3.63, 3.8) is 0 Å². The van der Waals surface area contributed by atoms with Gasteiger partial charge in [-0.05, 0) is 31.2 Å². The third kappa shape index (κ3) is 8.09. The minimum Gasteiger partial charge on any atom is -0.520 e. The lowest BCUT2D eigenvalue weighted by atomic mass is 10.2. The number of carbonyl (C=O) groups excluding carboxylic acids is 3. The Labute approximate surface area is 200 Å². The maximum absolute atomic E-state index is 11.6. The highest BCUT2D eigenvalue weighted by molar-refractivity contribution is 6.67. The van der Waals surface area contributed by atoms with Crippen LogP contribution in [0.5, 0.6) is 11.5 Å². The fraction of sp³-hybridized carbons (Fsp3) is 0.571. The van der Waals surface area contributed by atoms with Crippen LogP contribution in [0.4, 0.5) is 0 Å². The molecular formula is C21H30O11Si2. The number of rotatable bonds is 12. The molecule has 0 radical (unpaired) electrons. The second-order valence-electron chi connectivity index (χ2n) is 8.18. The molecule has 34 heavy (non-hydrogen) atoms. The fourth-order valence-corrected chi connectivity index (χ4v) is 7.50. The smallest absolute Gasteiger partial charge is 0.520 e. The Balaban J connectivity index is 1.59. The van der Waals surface area contributed by atoms with Crippen molar-refractivity contribution in [2.45, 2.75) is 52.5 Å². The Morgan fingerprint density at radius 2 is 1.74 bits per heavy atom. The molecule has 1 fully saturated rings. The summed E-state index contributed by atoms with van der Waals surface area (Å²) in [7, 11) is -6.49. The van der Waals surface area contributed by atoms with Crippen LogP contribution in [0.25, 0.3) is 0 Å². The molecule has 0 saturated carbocycles. The van der Waals surface area contributed by atoms with Crippen molar-refractivity contribution in [2.24, 2.45) is 0 Å². The summed E-state index contributed by atoms with van der Waals surface area (Å²) in [6.45, 7) is 7.77. The topological polar surface area (TPSA) is 128 Å². The number of ether oxygens (including phenoxy) is 3. The first kappa shape index (κ1) is 26.2. The largest absolute Gasteiger partial charge is 0.745 e. The van der Waals surface area contributed by atoms with E-state index in [0.29, 0.717) is 31.3 Å². The second kappa shape index (κ2) is 11.3. The van der Waals surface area contributed by atoms with Gasteiger partial charge in [0.1, 0.15) is 17.6 Å². The summed E-state index contributed by atoms with van der Waals surface area (Å²) in [5.74, 6) is -1.19. The molecule has 3 rings (SSSR count). The van der Waals surface area contributed by atoms with Gasteiger partial charge in [-0.1, -0.05) is 0 Å². The number of hydrogen-bond donors (Lipinski definition) is 0. The predicted octanol–water partition coefficient (Wildman–Crippen LogP) is 2.02. The van der Waals surface area contributed by atoms with Crippen molar-refractivity contribution < 1.29 is 50.7 Å². The predicted molar refractivity (Wildman–Crippen MR) is 120 cm³/mol. The zero-order chi connectivity index (χ0) is 24.8. The molecule has 0 bridgehead atoms. The number of hydrogen-bond acceptors (Lipinski definition) is 11. The number of carbonyl (C=O) groups is 3. The Morgan fingerprint density at radius 1 is 1.09 bits per heavy atom. The van der Waals surface area contributed by atoms with Crippen LogP contribution in [0.15, 0.2) is 18.2 Å². The van der Waals surface area contributed by atoms with E-state index in [1.807, 2.05) is 6.55 Å². The molecule has 0 aliphatic carbocycles. The Bertz CT molecular complexity index is 864. The summed E-state index contributed by atoms with van der Waals surface area (Å²) in [6.07, 6.45) is 0.661. The van der Waals surface area contributed by atoms with Crippen LogP contribution in [0.2, 0.25) is 12.6 Å². The average molecular weight is 515 g/mol. The van der Waals surface area contributed by atoms with Crippen LogP contribution in [-0.4, -0.2) is 67.4 Å².